The summed E-state index contributed by atoms with van der Waals surface area (Å²) in [5.74, 6) is -0.0887. The van der Waals surface area contributed by atoms with Crippen LogP contribution in [-0.2, 0) is 14.3 Å². The molecule has 0 aliphatic heterocycles. The van der Waals surface area contributed by atoms with Gasteiger partial charge in [0.2, 0.25) is 5.91 Å². The number of aliphatic hydroxyl groups is 2. The van der Waals surface area contributed by atoms with E-state index in [1.165, 1.54) is 276 Å². The van der Waals surface area contributed by atoms with Gasteiger partial charge in [-0.25, -0.2) is 0 Å². The molecule has 0 saturated heterocycles. The number of carbonyl (C=O) groups is 2. The SMILES string of the molecule is CCCCCCCC/C=C\CCCCCCCCCCCC(=O)OCCCCC/C=C\C=C/CCCCCCCCCCCCC(=O)NC(CO)C(O)/C=C/CCCCCCCCCCCCCCCCCCCCCCCC. The minimum absolute atomic E-state index is 0.0141. The highest BCUT2D eigenvalue weighted by Gasteiger charge is 2.18. The molecule has 0 bridgehead atoms. The van der Waals surface area contributed by atoms with Crippen LogP contribution in [0.1, 0.15) is 380 Å². The van der Waals surface area contributed by atoms with Crippen molar-refractivity contribution in [2.45, 2.75) is 392 Å². The first-order chi connectivity index (χ1) is 39.0. The summed E-state index contributed by atoms with van der Waals surface area (Å²) in [5.41, 5.74) is 0. The zero-order valence-electron chi connectivity index (χ0n) is 53.1. The second-order valence-electron chi connectivity index (χ2n) is 24.2. The molecule has 0 aromatic carbocycles. The standard InChI is InChI=1S/C73H137NO5/c1-3-5-7-9-11-13-15-17-19-21-23-24-25-26-27-30-33-37-41-45-49-53-57-61-65-71(76)70(69-75)74-72(77)66-62-58-54-50-46-42-38-34-31-28-32-36-40-44-48-52-56-60-64-68-79-73(78)67-63-59-55-51-47-43-39-35-29-22-20-18-16-14-12-10-8-6-4-2/h18,20,36,40,44,48,61,65,70-71,75-76H,3-17,19,21-35,37-39,41-43,45-47,49-60,62-64,66-69H2,1-2H3,(H,74,77)/b20-18-,40-36-,48-44-,65-61+. The van der Waals surface area contributed by atoms with Crippen LogP contribution < -0.4 is 5.32 Å². The average molecular weight is 1110 g/mol. The lowest BCUT2D eigenvalue weighted by molar-refractivity contribution is -0.143. The van der Waals surface area contributed by atoms with Crippen molar-refractivity contribution in [2.24, 2.45) is 0 Å². The molecule has 0 saturated carbocycles. The fourth-order valence-electron chi connectivity index (χ4n) is 10.9. The predicted molar refractivity (Wildman–Crippen MR) is 347 cm³/mol. The Morgan fingerprint density at radius 3 is 0.975 bits per heavy atom. The number of allylic oxidation sites excluding steroid dienone is 7. The molecule has 0 fully saturated rings. The van der Waals surface area contributed by atoms with Crippen LogP contribution in [0, 0.1) is 0 Å². The Bertz CT molecular complexity index is 1320. The number of rotatable bonds is 66. The molecule has 3 N–H and O–H groups in total. The van der Waals surface area contributed by atoms with Crippen LogP contribution in [0.25, 0.3) is 0 Å². The van der Waals surface area contributed by atoms with Gasteiger partial charge in [0, 0.05) is 12.8 Å². The first-order valence-corrected chi connectivity index (χ1v) is 35.4. The molecule has 0 rings (SSSR count). The Hall–Kier alpha value is -2.18. The quantitative estimate of drug-likeness (QED) is 0.0244. The van der Waals surface area contributed by atoms with E-state index in [1.807, 2.05) is 6.08 Å². The van der Waals surface area contributed by atoms with E-state index in [-0.39, 0.29) is 18.5 Å². The molecule has 6 nitrogen and oxygen atoms in total. The second kappa shape index (κ2) is 68.3. The van der Waals surface area contributed by atoms with Gasteiger partial charge >= 0.3 is 5.97 Å². The first kappa shape index (κ1) is 76.8. The van der Waals surface area contributed by atoms with Crippen LogP contribution in [0.3, 0.4) is 0 Å². The van der Waals surface area contributed by atoms with Crippen LogP contribution >= 0.6 is 0 Å². The molecule has 0 aliphatic rings. The summed E-state index contributed by atoms with van der Waals surface area (Å²) in [6.45, 7) is 4.89. The van der Waals surface area contributed by atoms with Crippen LogP contribution in [0.4, 0.5) is 0 Å². The molecule has 0 aliphatic carbocycles. The number of aliphatic hydroxyl groups excluding tert-OH is 2. The number of unbranched alkanes of at least 4 members (excludes halogenated alkanes) is 50. The van der Waals surface area contributed by atoms with E-state index in [9.17, 15) is 19.8 Å². The largest absolute Gasteiger partial charge is 0.466 e. The van der Waals surface area contributed by atoms with Crippen molar-refractivity contribution in [3.8, 4) is 0 Å². The van der Waals surface area contributed by atoms with Gasteiger partial charge < -0.3 is 20.3 Å². The summed E-state index contributed by atoms with van der Waals surface area (Å²) >= 11 is 0. The highest BCUT2D eigenvalue weighted by Crippen LogP contribution is 2.18. The van der Waals surface area contributed by atoms with Crippen LogP contribution in [0.2, 0.25) is 0 Å². The number of amides is 1. The smallest absolute Gasteiger partial charge is 0.305 e. The summed E-state index contributed by atoms with van der Waals surface area (Å²) in [4.78, 5) is 24.6. The Morgan fingerprint density at radius 1 is 0.354 bits per heavy atom. The minimum atomic E-state index is -0.854. The van der Waals surface area contributed by atoms with Crippen LogP contribution in [0.15, 0.2) is 48.6 Å². The van der Waals surface area contributed by atoms with Crippen molar-refractivity contribution in [2.75, 3.05) is 13.2 Å². The maximum absolute atomic E-state index is 12.5. The average Bonchev–Trinajstić information content (AvgIpc) is 3.45. The third-order valence-electron chi connectivity index (χ3n) is 16.3. The van der Waals surface area contributed by atoms with Gasteiger partial charge in [0.05, 0.1) is 25.4 Å². The van der Waals surface area contributed by atoms with Crippen molar-refractivity contribution in [1.82, 2.24) is 5.32 Å². The van der Waals surface area contributed by atoms with Crippen molar-refractivity contribution in [3.63, 3.8) is 0 Å². The third-order valence-corrected chi connectivity index (χ3v) is 16.3. The highest BCUT2D eigenvalue weighted by atomic mass is 16.5. The second-order valence-corrected chi connectivity index (χ2v) is 24.2. The minimum Gasteiger partial charge on any atom is -0.466 e. The van der Waals surface area contributed by atoms with E-state index < -0.39 is 12.1 Å². The number of nitrogens with one attached hydrogen (secondary N) is 1. The van der Waals surface area contributed by atoms with Gasteiger partial charge in [-0.3, -0.25) is 9.59 Å². The zero-order chi connectivity index (χ0) is 57.1. The molecule has 1 amide bonds. The van der Waals surface area contributed by atoms with E-state index in [0.29, 0.717) is 19.4 Å². The fourth-order valence-corrected chi connectivity index (χ4v) is 10.9. The Kier molecular flexibility index (Phi) is 66.4. The van der Waals surface area contributed by atoms with E-state index in [1.54, 1.807) is 6.08 Å². The number of ether oxygens (including phenoxy) is 1. The molecule has 2 atom stereocenters. The molecule has 0 radical (unpaired) electrons. The molecule has 464 valence electrons. The van der Waals surface area contributed by atoms with Crippen molar-refractivity contribution in [3.05, 3.63) is 48.6 Å². The molecule has 0 spiro atoms. The van der Waals surface area contributed by atoms with E-state index in [2.05, 4.69) is 55.6 Å². The van der Waals surface area contributed by atoms with Gasteiger partial charge in [-0.05, 0) is 89.9 Å². The molecular weight excluding hydrogens is 971 g/mol. The molecule has 2 unspecified atom stereocenters. The van der Waals surface area contributed by atoms with Gasteiger partial charge in [0.25, 0.3) is 0 Å². The van der Waals surface area contributed by atoms with Gasteiger partial charge in [-0.2, -0.15) is 0 Å². The summed E-state index contributed by atoms with van der Waals surface area (Å²) < 4.78 is 5.48. The summed E-state index contributed by atoms with van der Waals surface area (Å²) in [6.07, 6.45) is 89.0. The third kappa shape index (κ3) is 64.8. The lowest BCUT2D eigenvalue weighted by atomic mass is 10.0. The zero-order valence-corrected chi connectivity index (χ0v) is 53.1. The van der Waals surface area contributed by atoms with Gasteiger partial charge in [-0.1, -0.05) is 326 Å². The molecule has 6 heteroatoms. The van der Waals surface area contributed by atoms with Crippen molar-refractivity contribution < 1.29 is 24.5 Å². The number of esters is 1. The van der Waals surface area contributed by atoms with Crippen molar-refractivity contribution in [1.29, 1.82) is 0 Å². The monoisotopic (exact) mass is 1110 g/mol. The lowest BCUT2D eigenvalue weighted by Crippen LogP contribution is -2.45. The van der Waals surface area contributed by atoms with Gasteiger partial charge in [0.15, 0.2) is 0 Å². The highest BCUT2D eigenvalue weighted by molar-refractivity contribution is 5.76. The fraction of sp³-hybridized carbons (Fsp3) is 0.863. The molecule has 0 aromatic rings. The summed E-state index contributed by atoms with van der Waals surface area (Å²) in [7, 11) is 0. The molecular formula is C73H137NO5. The van der Waals surface area contributed by atoms with Gasteiger partial charge in [-0.15, -0.1) is 0 Å². The molecule has 79 heavy (non-hydrogen) atoms. The molecule has 0 heterocycles. The van der Waals surface area contributed by atoms with Crippen LogP contribution in [0.5, 0.6) is 0 Å². The number of hydrogen-bond donors (Lipinski definition) is 3. The maximum Gasteiger partial charge on any atom is 0.305 e. The maximum atomic E-state index is 12.5. The predicted octanol–water partition coefficient (Wildman–Crippen LogP) is 22.9. The van der Waals surface area contributed by atoms with Gasteiger partial charge in [0.1, 0.15) is 0 Å². The number of hydrogen-bond acceptors (Lipinski definition) is 5. The normalized spacial score (nSPS) is 12.8. The Morgan fingerprint density at radius 2 is 0.633 bits per heavy atom. The molecule has 0 aromatic heterocycles. The van der Waals surface area contributed by atoms with Crippen LogP contribution in [-0.4, -0.2) is 47.4 Å². The summed E-state index contributed by atoms with van der Waals surface area (Å²) in [5, 5.41) is 23.3. The van der Waals surface area contributed by atoms with E-state index in [4.69, 9.17) is 4.74 Å². The first-order valence-electron chi connectivity index (χ1n) is 35.4. The van der Waals surface area contributed by atoms with E-state index in [0.717, 1.165) is 77.0 Å². The Labute approximate surface area is 493 Å². The topological polar surface area (TPSA) is 95.9 Å². The lowest BCUT2D eigenvalue weighted by Gasteiger charge is -2.20. The summed E-state index contributed by atoms with van der Waals surface area (Å²) in [6, 6.07) is -0.638. The number of carbonyl (C=O) groups excluding carboxylic acids is 2. The van der Waals surface area contributed by atoms with Crippen molar-refractivity contribution >= 4 is 11.9 Å². The van der Waals surface area contributed by atoms with E-state index >= 15 is 0 Å². The Balaban J connectivity index is 3.48.